The van der Waals surface area contributed by atoms with E-state index in [9.17, 15) is 0 Å². The van der Waals surface area contributed by atoms with E-state index in [1.54, 1.807) is 0 Å². The average molecular weight is 254 g/mol. The molecule has 0 radical (unpaired) electrons. The fraction of sp³-hybridized carbons (Fsp3) is 0.500. The second-order valence-corrected chi connectivity index (χ2v) is 4.99. The van der Waals surface area contributed by atoms with Gasteiger partial charge in [0.05, 0.1) is 0 Å². The van der Waals surface area contributed by atoms with Crippen LogP contribution in [0.4, 0.5) is 0 Å². The third kappa shape index (κ3) is 2.18. The molecule has 1 aliphatic rings. The molecule has 0 bridgehead atoms. The molecule has 1 aliphatic carbocycles. The number of benzene rings is 1. The minimum absolute atomic E-state index is 0.439. The minimum atomic E-state index is 0.439. The van der Waals surface area contributed by atoms with Crippen molar-refractivity contribution in [3.63, 3.8) is 0 Å². The molecule has 1 fully saturated rings. The molecule has 1 aromatic carbocycles. The van der Waals surface area contributed by atoms with Crippen LogP contribution in [0.1, 0.15) is 37.2 Å². The Morgan fingerprint density at radius 2 is 1.71 bits per heavy atom. The summed E-state index contributed by atoms with van der Waals surface area (Å²) in [5, 5.41) is 0. The molecule has 2 N–H and O–H groups in total. The van der Waals surface area contributed by atoms with Crippen molar-refractivity contribution >= 4 is 15.9 Å². The molecule has 1 saturated carbocycles. The molecule has 1 nitrogen and oxygen atoms in total. The molecule has 0 unspecified atom stereocenters. The highest BCUT2D eigenvalue weighted by Gasteiger charge is 2.20. The van der Waals surface area contributed by atoms with E-state index in [0.29, 0.717) is 12.0 Å². The smallest absolute Gasteiger partial charge is 0.0210 e. The zero-order valence-electron chi connectivity index (χ0n) is 8.25. The number of hydrogen-bond acceptors (Lipinski definition) is 1. The van der Waals surface area contributed by atoms with Crippen LogP contribution in [-0.4, -0.2) is 6.04 Å². The first kappa shape index (κ1) is 10.2. The van der Waals surface area contributed by atoms with Gasteiger partial charge >= 0.3 is 0 Å². The lowest BCUT2D eigenvalue weighted by atomic mass is 9.82. The number of halogens is 1. The quantitative estimate of drug-likeness (QED) is 0.816. The van der Waals surface area contributed by atoms with Crippen LogP contribution in [0.2, 0.25) is 0 Å². The molecule has 1 aromatic rings. The third-order valence-electron chi connectivity index (χ3n) is 3.12. The summed E-state index contributed by atoms with van der Waals surface area (Å²) in [5.74, 6) is 0.713. The highest BCUT2D eigenvalue weighted by Crippen LogP contribution is 2.35. The van der Waals surface area contributed by atoms with Crippen LogP contribution in [0.15, 0.2) is 28.7 Å². The van der Waals surface area contributed by atoms with E-state index < -0.39 is 0 Å². The Labute approximate surface area is 93.8 Å². The summed E-state index contributed by atoms with van der Waals surface area (Å²) in [4.78, 5) is 0. The van der Waals surface area contributed by atoms with Crippen LogP contribution in [0.25, 0.3) is 0 Å². The number of rotatable bonds is 1. The van der Waals surface area contributed by atoms with Gasteiger partial charge in [-0.15, -0.1) is 0 Å². The zero-order valence-corrected chi connectivity index (χ0v) is 9.83. The van der Waals surface area contributed by atoms with Gasteiger partial charge in [-0.2, -0.15) is 0 Å². The predicted octanol–water partition coefficient (Wildman–Crippen LogP) is 3.43. The summed E-state index contributed by atoms with van der Waals surface area (Å²) in [6, 6.07) is 8.99. The van der Waals surface area contributed by atoms with E-state index in [-0.39, 0.29) is 0 Å². The Morgan fingerprint density at radius 3 is 2.36 bits per heavy atom. The fourth-order valence-electron chi connectivity index (χ4n) is 2.24. The van der Waals surface area contributed by atoms with Crippen LogP contribution in [0.5, 0.6) is 0 Å². The van der Waals surface area contributed by atoms with Crippen molar-refractivity contribution in [2.24, 2.45) is 5.73 Å². The number of hydrogen-bond donors (Lipinski definition) is 1. The van der Waals surface area contributed by atoms with Crippen molar-refractivity contribution in [2.75, 3.05) is 0 Å². The van der Waals surface area contributed by atoms with E-state index in [0.717, 1.165) is 0 Å². The highest BCUT2D eigenvalue weighted by molar-refractivity contribution is 9.10. The number of nitrogens with two attached hydrogens (primary N) is 1. The molecule has 0 amide bonds. The van der Waals surface area contributed by atoms with Gasteiger partial charge in [-0.1, -0.05) is 34.1 Å². The Balaban J connectivity index is 2.12. The second kappa shape index (κ2) is 4.45. The maximum atomic E-state index is 5.90. The molecule has 76 valence electrons. The summed E-state index contributed by atoms with van der Waals surface area (Å²) in [6.45, 7) is 0. The minimum Gasteiger partial charge on any atom is -0.328 e. The molecular formula is C12H16BrN. The van der Waals surface area contributed by atoms with Gasteiger partial charge in [-0.3, -0.25) is 0 Å². The summed E-state index contributed by atoms with van der Waals surface area (Å²) in [6.07, 6.45) is 4.82. The fourth-order valence-corrected chi connectivity index (χ4v) is 2.84. The molecule has 0 heterocycles. The Morgan fingerprint density at radius 1 is 1.07 bits per heavy atom. The van der Waals surface area contributed by atoms with E-state index in [4.69, 9.17) is 5.73 Å². The van der Waals surface area contributed by atoms with Crippen molar-refractivity contribution in [3.8, 4) is 0 Å². The first-order valence-electron chi connectivity index (χ1n) is 5.27. The molecule has 0 atom stereocenters. The topological polar surface area (TPSA) is 26.0 Å². The molecule has 0 spiro atoms. The molecular weight excluding hydrogens is 238 g/mol. The molecule has 0 aliphatic heterocycles. The second-order valence-electron chi connectivity index (χ2n) is 4.13. The summed E-state index contributed by atoms with van der Waals surface area (Å²) < 4.78 is 1.25. The maximum Gasteiger partial charge on any atom is 0.0210 e. The van der Waals surface area contributed by atoms with E-state index in [1.165, 1.54) is 35.7 Å². The largest absolute Gasteiger partial charge is 0.328 e. The summed E-state index contributed by atoms with van der Waals surface area (Å²) >= 11 is 3.62. The Hall–Kier alpha value is -0.340. The Bertz CT molecular complexity index is 303. The van der Waals surface area contributed by atoms with Crippen molar-refractivity contribution < 1.29 is 0 Å². The van der Waals surface area contributed by atoms with Crippen LogP contribution in [0, 0.1) is 0 Å². The van der Waals surface area contributed by atoms with Crippen molar-refractivity contribution in [1.82, 2.24) is 0 Å². The van der Waals surface area contributed by atoms with Gasteiger partial charge in [0.25, 0.3) is 0 Å². The van der Waals surface area contributed by atoms with Crippen LogP contribution in [0.3, 0.4) is 0 Å². The van der Waals surface area contributed by atoms with Crippen LogP contribution < -0.4 is 5.73 Å². The summed E-state index contributed by atoms with van der Waals surface area (Å²) in [5.41, 5.74) is 7.36. The normalized spacial score (nSPS) is 27.6. The average Bonchev–Trinajstić information content (AvgIpc) is 2.20. The van der Waals surface area contributed by atoms with Crippen LogP contribution in [-0.2, 0) is 0 Å². The zero-order chi connectivity index (χ0) is 9.97. The van der Waals surface area contributed by atoms with Crippen molar-refractivity contribution in [1.29, 1.82) is 0 Å². The van der Waals surface area contributed by atoms with Crippen molar-refractivity contribution in [2.45, 2.75) is 37.6 Å². The van der Waals surface area contributed by atoms with Gasteiger partial charge < -0.3 is 5.73 Å². The van der Waals surface area contributed by atoms with E-state index in [2.05, 4.69) is 40.2 Å². The van der Waals surface area contributed by atoms with Gasteiger partial charge in [0.2, 0.25) is 0 Å². The highest BCUT2D eigenvalue weighted by atomic mass is 79.9. The Kier molecular flexibility index (Phi) is 3.24. The van der Waals surface area contributed by atoms with Gasteiger partial charge in [0.1, 0.15) is 0 Å². The standard InChI is InChI=1S/C12H16BrN/c13-12-4-2-1-3-11(12)9-5-7-10(14)8-6-9/h1-4,9-10H,5-8,14H2. The SMILES string of the molecule is NC1CCC(c2ccccc2Br)CC1. The molecule has 2 rings (SSSR count). The lowest BCUT2D eigenvalue weighted by Gasteiger charge is -2.27. The van der Waals surface area contributed by atoms with Crippen molar-refractivity contribution in [3.05, 3.63) is 34.3 Å². The lowest BCUT2D eigenvalue weighted by Crippen LogP contribution is -2.25. The maximum absolute atomic E-state index is 5.90. The van der Waals surface area contributed by atoms with Gasteiger partial charge in [0, 0.05) is 10.5 Å². The molecule has 14 heavy (non-hydrogen) atoms. The molecule has 0 saturated heterocycles. The monoisotopic (exact) mass is 253 g/mol. The van der Waals surface area contributed by atoms with Crippen LogP contribution >= 0.6 is 15.9 Å². The summed E-state index contributed by atoms with van der Waals surface area (Å²) in [7, 11) is 0. The first-order chi connectivity index (χ1) is 6.77. The van der Waals surface area contributed by atoms with Gasteiger partial charge in [0.15, 0.2) is 0 Å². The third-order valence-corrected chi connectivity index (χ3v) is 3.84. The lowest BCUT2D eigenvalue weighted by molar-refractivity contribution is 0.395. The van der Waals surface area contributed by atoms with E-state index in [1.807, 2.05) is 0 Å². The van der Waals surface area contributed by atoms with Gasteiger partial charge in [-0.05, 0) is 43.2 Å². The molecule has 2 heteroatoms. The molecule has 0 aromatic heterocycles. The van der Waals surface area contributed by atoms with Gasteiger partial charge in [-0.25, -0.2) is 0 Å². The first-order valence-corrected chi connectivity index (χ1v) is 6.06. The predicted molar refractivity (Wildman–Crippen MR) is 63.3 cm³/mol. The van der Waals surface area contributed by atoms with E-state index >= 15 is 0 Å².